The molecule has 0 bridgehead atoms. The topological polar surface area (TPSA) is 96.0 Å². The van der Waals surface area contributed by atoms with E-state index < -0.39 is 28.5 Å². The van der Waals surface area contributed by atoms with E-state index in [1.54, 1.807) is 18.2 Å². The molecule has 0 aromatic heterocycles. The number of nitrogens with one attached hydrogen (secondary N) is 1. The normalized spacial score (nSPS) is 12.7. The van der Waals surface area contributed by atoms with E-state index in [1.807, 2.05) is 58.0 Å². The molecular formula is C31H38ClN3O5S. The van der Waals surface area contributed by atoms with Gasteiger partial charge in [0, 0.05) is 12.6 Å². The number of methoxy groups -OCH3 is 1. The number of nitrogens with zero attached hydrogens (tertiary/aromatic N) is 2. The molecule has 10 heteroatoms. The van der Waals surface area contributed by atoms with Crippen molar-refractivity contribution in [2.24, 2.45) is 0 Å². The summed E-state index contributed by atoms with van der Waals surface area (Å²) in [5.74, 6) is -0.443. The van der Waals surface area contributed by atoms with Crippen molar-refractivity contribution in [3.05, 3.63) is 88.9 Å². The highest BCUT2D eigenvalue weighted by Crippen LogP contribution is 2.32. The van der Waals surface area contributed by atoms with E-state index in [2.05, 4.69) is 5.32 Å². The third-order valence-corrected chi connectivity index (χ3v) is 8.98. The smallest absolute Gasteiger partial charge is 0.264 e. The van der Waals surface area contributed by atoms with Crippen LogP contribution in [0.15, 0.2) is 77.7 Å². The van der Waals surface area contributed by atoms with Crippen LogP contribution in [0.4, 0.5) is 5.69 Å². The molecule has 0 saturated carbocycles. The van der Waals surface area contributed by atoms with E-state index in [-0.39, 0.29) is 34.1 Å². The molecule has 0 radical (unpaired) electrons. The predicted octanol–water partition coefficient (Wildman–Crippen LogP) is 5.57. The minimum absolute atomic E-state index is 0.0269. The van der Waals surface area contributed by atoms with Gasteiger partial charge in [-0.05, 0) is 62.6 Å². The van der Waals surface area contributed by atoms with Crippen LogP contribution in [0.3, 0.4) is 0 Å². The number of carbonyl (C=O) groups excluding carboxylic acids is 2. The third-order valence-electron chi connectivity index (χ3n) is 6.89. The number of halogens is 1. The lowest BCUT2D eigenvalue weighted by Gasteiger charge is -2.33. The van der Waals surface area contributed by atoms with Gasteiger partial charge in [-0.15, -0.1) is 0 Å². The molecule has 2 unspecified atom stereocenters. The number of hydrogen-bond donors (Lipinski definition) is 1. The van der Waals surface area contributed by atoms with Crippen LogP contribution >= 0.6 is 11.6 Å². The lowest BCUT2D eigenvalue weighted by Crippen LogP contribution is -2.53. The Kier molecular flexibility index (Phi) is 11.2. The molecule has 0 fully saturated rings. The van der Waals surface area contributed by atoms with Crippen LogP contribution in [0.5, 0.6) is 5.75 Å². The highest BCUT2D eigenvalue weighted by Gasteiger charge is 2.34. The minimum atomic E-state index is -4.20. The van der Waals surface area contributed by atoms with Crippen molar-refractivity contribution in [2.75, 3.05) is 18.0 Å². The zero-order chi connectivity index (χ0) is 30.2. The SMILES string of the molecule is CCC(C)NC(=O)C(CC)N(Cc1ccccc1)C(=O)CN(c1ccc(OC)c(Cl)c1)S(=O)(=O)c1ccc(C)cc1. The second kappa shape index (κ2) is 14.4. The van der Waals surface area contributed by atoms with E-state index in [0.717, 1.165) is 21.9 Å². The van der Waals surface area contributed by atoms with Gasteiger partial charge in [-0.3, -0.25) is 13.9 Å². The quantitative estimate of drug-likeness (QED) is 0.277. The molecule has 0 saturated heterocycles. The van der Waals surface area contributed by atoms with Crippen molar-refractivity contribution in [3.63, 3.8) is 0 Å². The second-order valence-corrected chi connectivity index (χ2v) is 12.2. The highest BCUT2D eigenvalue weighted by atomic mass is 35.5. The Morgan fingerprint density at radius 1 is 0.976 bits per heavy atom. The maximum absolute atomic E-state index is 14.1. The van der Waals surface area contributed by atoms with Crippen molar-refractivity contribution in [1.29, 1.82) is 0 Å². The summed E-state index contributed by atoms with van der Waals surface area (Å²) in [5, 5.41) is 3.17. The first-order valence-electron chi connectivity index (χ1n) is 13.6. The summed E-state index contributed by atoms with van der Waals surface area (Å²) in [6.07, 6.45) is 1.08. The molecule has 3 rings (SSSR count). The Hall–Kier alpha value is -3.56. The maximum atomic E-state index is 14.1. The monoisotopic (exact) mass is 599 g/mol. The molecule has 0 aliphatic heterocycles. The molecule has 2 atom stereocenters. The number of amides is 2. The third kappa shape index (κ3) is 8.01. The van der Waals surface area contributed by atoms with Gasteiger partial charge in [0.2, 0.25) is 11.8 Å². The Morgan fingerprint density at radius 2 is 1.63 bits per heavy atom. The van der Waals surface area contributed by atoms with Crippen molar-refractivity contribution in [2.45, 2.75) is 64.1 Å². The largest absolute Gasteiger partial charge is 0.495 e. The number of hydrogen-bond acceptors (Lipinski definition) is 5. The standard InChI is InChI=1S/C31H38ClN3O5S/c1-6-23(4)33-31(37)28(7-2)34(20-24-11-9-8-10-12-24)30(36)21-35(25-15-18-29(40-5)27(32)19-25)41(38,39)26-16-13-22(3)14-17-26/h8-19,23,28H,6-7,20-21H2,1-5H3,(H,33,37). The minimum Gasteiger partial charge on any atom is -0.495 e. The average molecular weight is 600 g/mol. The fraction of sp³-hybridized carbons (Fsp3) is 0.355. The number of aryl methyl sites for hydroxylation is 1. The zero-order valence-corrected chi connectivity index (χ0v) is 25.7. The molecule has 8 nitrogen and oxygen atoms in total. The first kappa shape index (κ1) is 32.0. The Bertz CT molecular complexity index is 1430. The van der Waals surface area contributed by atoms with Gasteiger partial charge in [0.05, 0.1) is 22.7 Å². The van der Waals surface area contributed by atoms with Crippen molar-refractivity contribution in [3.8, 4) is 5.75 Å². The number of ether oxygens (including phenoxy) is 1. The first-order valence-corrected chi connectivity index (χ1v) is 15.4. The van der Waals surface area contributed by atoms with Crippen LogP contribution in [-0.4, -0.2) is 50.9 Å². The van der Waals surface area contributed by atoms with Gasteiger partial charge < -0.3 is 15.0 Å². The lowest BCUT2D eigenvalue weighted by molar-refractivity contribution is -0.140. The van der Waals surface area contributed by atoms with Crippen molar-refractivity contribution in [1.82, 2.24) is 10.2 Å². The summed E-state index contributed by atoms with van der Waals surface area (Å²) in [4.78, 5) is 28.9. The van der Waals surface area contributed by atoms with Gasteiger partial charge in [0.1, 0.15) is 18.3 Å². The Labute approximate surface area is 248 Å². The zero-order valence-electron chi connectivity index (χ0n) is 24.1. The average Bonchev–Trinajstić information content (AvgIpc) is 2.96. The molecule has 2 amide bonds. The number of rotatable bonds is 13. The van der Waals surface area contributed by atoms with E-state index in [9.17, 15) is 18.0 Å². The molecule has 1 N–H and O–H groups in total. The van der Waals surface area contributed by atoms with Crippen LogP contribution < -0.4 is 14.4 Å². The fourth-order valence-electron chi connectivity index (χ4n) is 4.32. The number of sulfonamides is 1. The van der Waals surface area contributed by atoms with Gasteiger partial charge in [0.25, 0.3) is 10.0 Å². The number of anilines is 1. The first-order chi connectivity index (χ1) is 19.5. The molecule has 0 spiro atoms. The molecule has 0 heterocycles. The molecule has 3 aromatic rings. The van der Waals surface area contributed by atoms with Gasteiger partial charge >= 0.3 is 0 Å². The maximum Gasteiger partial charge on any atom is 0.264 e. The van der Waals surface area contributed by atoms with Crippen LogP contribution in [0, 0.1) is 6.92 Å². The van der Waals surface area contributed by atoms with Crippen LogP contribution in [0.1, 0.15) is 44.7 Å². The predicted molar refractivity (Wildman–Crippen MR) is 163 cm³/mol. The van der Waals surface area contributed by atoms with E-state index in [0.29, 0.717) is 12.2 Å². The van der Waals surface area contributed by atoms with E-state index in [1.165, 1.54) is 36.3 Å². The number of benzene rings is 3. The van der Waals surface area contributed by atoms with E-state index in [4.69, 9.17) is 16.3 Å². The van der Waals surface area contributed by atoms with Crippen LogP contribution in [0.25, 0.3) is 0 Å². The van der Waals surface area contributed by atoms with Gasteiger partial charge in [-0.2, -0.15) is 0 Å². The summed E-state index contributed by atoms with van der Waals surface area (Å²) in [7, 11) is -2.74. The fourth-order valence-corrected chi connectivity index (χ4v) is 5.98. The summed E-state index contributed by atoms with van der Waals surface area (Å²) >= 11 is 6.38. The summed E-state index contributed by atoms with van der Waals surface area (Å²) in [6.45, 7) is 7.14. The molecule has 41 heavy (non-hydrogen) atoms. The molecule has 220 valence electrons. The summed E-state index contributed by atoms with van der Waals surface area (Å²) in [5.41, 5.74) is 1.91. The Balaban J connectivity index is 2.08. The van der Waals surface area contributed by atoms with Crippen molar-refractivity contribution >= 4 is 39.1 Å². The Morgan fingerprint density at radius 3 is 2.20 bits per heavy atom. The van der Waals surface area contributed by atoms with Gasteiger partial charge in [0.15, 0.2) is 0 Å². The molecular weight excluding hydrogens is 562 g/mol. The second-order valence-electron chi connectivity index (χ2n) is 9.89. The number of carbonyl (C=O) groups is 2. The summed E-state index contributed by atoms with van der Waals surface area (Å²) < 4.78 is 34.2. The van der Waals surface area contributed by atoms with Gasteiger partial charge in [-0.25, -0.2) is 8.42 Å². The van der Waals surface area contributed by atoms with Gasteiger partial charge in [-0.1, -0.05) is 73.5 Å². The molecule has 0 aliphatic carbocycles. The van der Waals surface area contributed by atoms with Crippen LogP contribution in [0.2, 0.25) is 5.02 Å². The van der Waals surface area contributed by atoms with Crippen LogP contribution in [-0.2, 0) is 26.2 Å². The molecule has 3 aromatic carbocycles. The van der Waals surface area contributed by atoms with Crippen molar-refractivity contribution < 1.29 is 22.7 Å². The summed E-state index contributed by atoms with van der Waals surface area (Å²) in [6, 6.07) is 19.4. The molecule has 0 aliphatic rings. The lowest BCUT2D eigenvalue weighted by atomic mass is 10.1. The highest BCUT2D eigenvalue weighted by molar-refractivity contribution is 7.92. The van der Waals surface area contributed by atoms with E-state index >= 15 is 0 Å².